The molecule has 132 valence electrons. The quantitative estimate of drug-likeness (QED) is 0.775. The third kappa shape index (κ3) is 3.76. The summed E-state index contributed by atoms with van der Waals surface area (Å²) in [4.78, 5) is 28.5. The van der Waals surface area contributed by atoms with Gasteiger partial charge in [-0.05, 0) is 37.5 Å². The van der Waals surface area contributed by atoms with Gasteiger partial charge in [0.1, 0.15) is 16.9 Å². The summed E-state index contributed by atoms with van der Waals surface area (Å²) in [6.07, 6.45) is 0.881. The first kappa shape index (κ1) is 17.3. The second kappa shape index (κ2) is 6.75. The van der Waals surface area contributed by atoms with Crippen LogP contribution in [0.25, 0.3) is 0 Å². The fourth-order valence-electron chi connectivity index (χ4n) is 2.49. The fourth-order valence-corrected chi connectivity index (χ4v) is 3.07. The average molecular weight is 366 g/mol. The third-order valence-electron chi connectivity index (χ3n) is 3.97. The molecule has 0 radical (unpaired) electrons. The number of hydrogen-bond donors (Lipinski definition) is 3. The van der Waals surface area contributed by atoms with Crippen molar-refractivity contribution in [2.75, 3.05) is 11.1 Å². The molecule has 1 saturated carbocycles. The summed E-state index contributed by atoms with van der Waals surface area (Å²) in [5, 5.41) is 5.46. The van der Waals surface area contributed by atoms with Crippen LogP contribution >= 0.6 is 11.3 Å². The van der Waals surface area contributed by atoms with Gasteiger partial charge in [0, 0.05) is 11.7 Å². The number of hydrogen-bond acceptors (Lipinski definition) is 5. The van der Waals surface area contributed by atoms with E-state index in [9.17, 15) is 18.4 Å². The molecular weight excluding hydrogens is 350 g/mol. The average Bonchev–Trinajstić information content (AvgIpc) is 2.95. The Hall–Kier alpha value is -2.55. The second-order valence-electron chi connectivity index (χ2n) is 5.90. The first-order valence-electron chi connectivity index (χ1n) is 7.61. The number of nitrogen functional groups attached to an aromatic ring is 1. The lowest BCUT2D eigenvalue weighted by atomic mass is 9.90. The van der Waals surface area contributed by atoms with Crippen LogP contribution in [0.4, 0.5) is 19.6 Å². The Morgan fingerprint density at radius 1 is 1.32 bits per heavy atom. The number of halogens is 2. The lowest BCUT2D eigenvalue weighted by Crippen LogP contribution is -2.45. The van der Waals surface area contributed by atoms with Crippen molar-refractivity contribution in [2.45, 2.75) is 32.0 Å². The largest absolute Gasteiger partial charge is 0.375 e. The summed E-state index contributed by atoms with van der Waals surface area (Å²) < 4.78 is 27.0. The minimum Gasteiger partial charge on any atom is -0.375 e. The minimum absolute atomic E-state index is 0.202. The van der Waals surface area contributed by atoms with Gasteiger partial charge in [0.25, 0.3) is 11.8 Å². The monoisotopic (exact) mass is 366 g/mol. The number of anilines is 2. The van der Waals surface area contributed by atoms with E-state index in [1.54, 1.807) is 6.92 Å². The lowest BCUT2D eigenvalue weighted by Gasteiger charge is -2.30. The molecule has 0 spiro atoms. The Balaban J connectivity index is 1.77. The molecule has 1 aromatic heterocycles. The topological polar surface area (TPSA) is 97.1 Å². The Morgan fingerprint density at radius 2 is 2.04 bits per heavy atom. The van der Waals surface area contributed by atoms with Gasteiger partial charge in [-0.25, -0.2) is 13.8 Å². The van der Waals surface area contributed by atoms with Crippen LogP contribution in [0.5, 0.6) is 0 Å². The van der Waals surface area contributed by atoms with Crippen LogP contribution in [0.2, 0.25) is 0 Å². The molecule has 1 fully saturated rings. The van der Waals surface area contributed by atoms with Gasteiger partial charge < -0.3 is 16.4 Å². The molecular formula is C16H16F2N4O2S. The van der Waals surface area contributed by atoms with Gasteiger partial charge in [-0.2, -0.15) is 0 Å². The van der Waals surface area contributed by atoms with Crippen molar-refractivity contribution in [2.24, 2.45) is 0 Å². The van der Waals surface area contributed by atoms with Gasteiger partial charge in [-0.3, -0.25) is 9.59 Å². The maximum absolute atomic E-state index is 14.1. The summed E-state index contributed by atoms with van der Waals surface area (Å²) >= 11 is 1.02. The smallest absolute Gasteiger partial charge is 0.267 e. The molecule has 4 N–H and O–H groups in total. The van der Waals surface area contributed by atoms with Crippen molar-refractivity contribution in [3.8, 4) is 0 Å². The molecule has 0 unspecified atom stereocenters. The van der Waals surface area contributed by atoms with E-state index in [0.717, 1.165) is 11.3 Å². The summed E-state index contributed by atoms with van der Waals surface area (Å²) in [5.74, 6) is -1.78. The zero-order chi connectivity index (χ0) is 18.1. The van der Waals surface area contributed by atoms with E-state index in [1.807, 2.05) is 0 Å². The van der Waals surface area contributed by atoms with E-state index in [0.29, 0.717) is 16.1 Å². The number of amides is 2. The van der Waals surface area contributed by atoms with Crippen molar-refractivity contribution in [3.05, 3.63) is 40.2 Å². The summed E-state index contributed by atoms with van der Waals surface area (Å²) in [6.45, 7) is 1.61. The molecule has 25 heavy (non-hydrogen) atoms. The highest BCUT2D eigenvalue weighted by Gasteiger charge is 2.31. The number of rotatable bonds is 4. The Bertz CT molecular complexity index is 834. The highest BCUT2D eigenvalue weighted by Crippen LogP contribution is 2.25. The Labute approximate surface area is 146 Å². The van der Waals surface area contributed by atoms with Crippen LogP contribution in [0.15, 0.2) is 18.3 Å². The predicted molar refractivity (Wildman–Crippen MR) is 91.0 cm³/mol. The maximum atomic E-state index is 14.1. The van der Waals surface area contributed by atoms with E-state index in [-0.39, 0.29) is 29.6 Å². The zero-order valence-corrected chi connectivity index (χ0v) is 14.1. The van der Waals surface area contributed by atoms with Crippen LogP contribution in [0.3, 0.4) is 0 Å². The van der Waals surface area contributed by atoms with Crippen LogP contribution in [-0.2, 0) is 0 Å². The molecule has 1 heterocycles. The molecule has 1 aromatic carbocycles. The fraction of sp³-hybridized carbons (Fsp3) is 0.312. The molecule has 0 saturated heterocycles. The highest BCUT2D eigenvalue weighted by atomic mass is 32.1. The SMILES string of the molecule is Cc1cc(F)c(C(=O)NC2CC(F)C2)cc1NC(=O)c1cnc(N)s1. The van der Waals surface area contributed by atoms with Gasteiger partial charge in [-0.15, -0.1) is 0 Å². The Morgan fingerprint density at radius 3 is 2.64 bits per heavy atom. The van der Waals surface area contributed by atoms with Crippen molar-refractivity contribution >= 4 is 34.0 Å². The maximum Gasteiger partial charge on any atom is 0.267 e. The normalized spacial score (nSPS) is 19.2. The second-order valence-corrected chi connectivity index (χ2v) is 6.97. The molecule has 0 bridgehead atoms. The van der Waals surface area contributed by atoms with E-state index in [4.69, 9.17) is 5.73 Å². The molecule has 9 heteroatoms. The molecule has 2 amide bonds. The summed E-state index contributed by atoms with van der Waals surface area (Å²) in [6, 6.07) is 2.15. The first-order valence-corrected chi connectivity index (χ1v) is 8.43. The molecule has 0 atom stereocenters. The van der Waals surface area contributed by atoms with Crippen molar-refractivity contribution < 1.29 is 18.4 Å². The van der Waals surface area contributed by atoms with Crippen LogP contribution in [0.1, 0.15) is 38.4 Å². The van der Waals surface area contributed by atoms with Gasteiger partial charge >= 0.3 is 0 Å². The number of carbonyl (C=O) groups is 2. The molecule has 1 aliphatic carbocycles. The number of aryl methyl sites for hydroxylation is 1. The summed E-state index contributed by atoms with van der Waals surface area (Å²) in [5.41, 5.74) is 6.07. The van der Waals surface area contributed by atoms with E-state index >= 15 is 0 Å². The van der Waals surface area contributed by atoms with Crippen LogP contribution < -0.4 is 16.4 Å². The highest BCUT2D eigenvalue weighted by molar-refractivity contribution is 7.17. The number of benzene rings is 1. The number of nitrogens with zero attached hydrogens (tertiary/aromatic N) is 1. The molecule has 2 aromatic rings. The predicted octanol–water partition coefficient (Wildman–Crippen LogP) is 2.66. The van der Waals surface area contributed by atoms with Gasteiger partial charge in [0.2, 0.25) is 0 Å². The third-order valence-corrected chi connectivity index (χ3v) is 4.80. The standard InChI is InChI=1S/C16H16F2N4O2S/c1-7-2-11(18)10(14(23)21-9-3-8(17)4-9)5-12(7)22-15(24)13-6-20-16(19)25-13/h2,5-6,8-9H,3-4H2,1H3,(H2,19,20)(H,21,23)(H,22,24). The zero-order valence-electron chi connectivity index (χ0n) is 13.3. The van der Waals surface area contributed by atoms with E-state index in [2.05, 4.69) is 15.6 Å². The summed E-state index contributed by atoms with van der Waals surface area (Å²) in [7, 11) is 0. The van der Waals surface area contributed by atoms with Crippen LogP contribution in [0, 0.1) is 12.7 Å². The van der Waals surface area contributed by atoms with Gasteiger partial charge in [0.15, 0.2) is 5.13 Å². The number of thiazole rings is 1. The number of nitrogens with two attached hydrogens (primary N) is 1. The number of aromatic nitrogens is 1. The number of carbonyl (C=O) groups excluding carboxylic acids is 2. The van der Waals surface area contributed by atoms with Crippen LogP contribution in [-0.4, -0.2) is 29.0 Å². The number of nitrogens with one attached hydrogen (secondary N) is 2. The van der Waals surface area contributed by atoms with Gasteiger partial charge in [0.05, 0.1) is 11.8 Å². The molecule has 3 rings (SSSR count). The lowest BCUT2D eigenvalue weighted by molar-refractivity contribution is 0.0855. The first-order chi connectivity index (χ1) is 11.8. The minimum atomic E-state index is -0.921. The molecule has 0 aliphatic heterocycles. The van der Waals surface area contributed by atoms with E-state index in [1.165, 1.54) is 18.3 Å². The van der Waals surface area contributed by atoms with E-state index < -0.39 is 23.8 Å². The van der Waals surface area contributed by atoms with Crippen molar-refractivity contribution in [3.63, 3.8) is 0 Å². The van der Waals surface area contributed by atoms with Crippen molar-refractivity contribution in [1.82, 2.24) is 10.3 Å². The van der Waals surface area contributed by atoms with Gasteiger partial charge in [-0.1, -0.05) is 11.3 Å². The molecule has 6 nitrogen and oxygen atoms in total. The Kier molecular flexibility index (Phi) is 4.67. The molecule has 1 aliphatic rings. The van der Waals surface area contributed by atoms with Crippen molar-refractivity contribution in [1.29, 1.82) is 0 Å². The number of alkyl halides is 1.